The highest BCUT2D eigenvalue weighted by molar-refractivity contribution is 6.00. The van der Waals surface area contributed by atoms with Crippen LogP contribution in [0.15, 0.2) is 48.5 Å². The van der Waals surface area contributed by atoms with E-state index >= 15 is 0 Å². The van der Waals surface area contributed by atoms with Gasteiger partial charge in [-0.05, 0) is 41.8 Å². The Labute approximate surface area is 184 Å². The standard InChI is InChI=1S/C25H31N3O3/c1-3-19-5-4-6-23(15-19)28-18-21(16-24(28)29)25(30)26(2)17-20-7-9-22(10-8-20)27-11-13-31-14-12-27/h4-10,15,21H,3,11-14,16-18H2,1-2H3. The van der Waals surface area contributed by atoms with Crippen LogP contribution in [0.5, 0.6) is 0 Å². The molecule has 4 rings (SSSR count). The van der Waals surface area contributed by atoms with Gasteiger partial charge in [-0.3, -0.25) is 9.59 Å². The molecule has 2 fully saturated rings. The molecule has 2 aromatic carbocycles. The fourth-order valence-electron chi connectivity index (χ4n) is 4.36. The molecule has 2 aliphatic rings. The van der Waals surface area contributed by atoms with Crippen LogP contribution in [0.25, 0.3) is 0 Å². The summed E-state index contributed by atoms with van der Waals surface area (Å²) < 4.78 is 5.41. The third-order valence-electron chi connectivity index (χ3n) is 6.21. The number of hydrogen-bond donors (Lipinski definition) is 0. The Morgan fingerprint density at radius 2 is 1.81 bits per heavy atom. The number of nitrogens with zero attached hydrogens (tertiary/aromatic N) is 3. The van der Waals surface area contributed by atoms with E-state index in [0.717, 1.165) is 44.0 Å². The molecule has 0 spiro atoms. The zero-order valence-corrected chi connectivity index (χ0v) is 18.4. The monoisotopic (exact) mass is 421 g/mol. The maximum Gasteiger partial charge on any atom is 0.228 e. The lowest BCUT2D eigenvalue weighted by atomic mass is 10.1. The highest BCUT2D eigenvalue weighted by Crippen LogP contribution is 2.27. The van der Waals surface area contributed by atoms with Gasteiger partial charge in [0.1, 0.15) is 0 Å². The Hall–Kier alpha value is -2.86. The Bertz CT molecular complexity index is 922. The molecule has 0 radical (unpaired) electrons. The van der Waals surface area contributed by atoms with E-state index in [9.17, 15) is 9.59 Å². The second-order valence-electron chi connectivity index (χ2n) is 8.39. The summed E-state index contributed by atoms with van der Waals surface area (Å²) in [7, 11) is 1.82. The van der Waals surface area contributed by atoms with Crippen LogP contribution in [0.2, 0.25) is 0 Å². The fourth-order valence-corrected chi connectivity index (χ4v) is 4.36. The number of carbonyl (C=O) groups excluding carboxylic acids is 2. The normalized spacial score (nSPS) is 19.0. The van der Waals surface area contributed by atoms with E-state index in [-0.39, 0.29) is 24.2 Å². The number of benzene rings is 2. The number of amides is 2. The molecule has 0 saturated carbocycles. The number of ether oxygens (including phenoxy) is 1. The third-order valence-corrected chi connectivity index (χ3v) is 6.21. The minimum absolute atomic E-state index is 0.0230. The summed E-state index contributed by atoms with van der Waals surface area (Å²) >= 11 is 0. The molecule has 2 saturated heterocycles. The summed E-state index contributed by atoms with van der Waals surface area (Å²) in [6.45, 7) is 6.43. The van der Waals surface area contributed by atoms with Gasteiger partial charge in [0.2, 0.25) is 11.8 Å². The van der Waals surface area contributed by atoms with Crippen LogP contribution in [0, 0.1) is 5.92 Å². The van der Waals surface area contributed by atoms with Gasteiger partial charge in [-0.25, -0.2) is 0 Å². The van der Waals surface area contributed by atoms with Crippen molar-refractivity contribution in [1.82, 2.24) is 4.90 Å². The first-order valence-corrected chi connectivity index (χ1v) is 11.1. The molecule has 164 valence electrons. The Morgan fingerprint density at radius 1 is 1.06 bits per heavy atom. The molecule has 0 aromatic heterocycles. The molecule has 2 aliphatic heterocycles. The van der Waals surface area contributed by atoms with Crippen molar-refractivity contribution in [2.24, 2.45) is 5.92 Å². The smallest absolute Gasteiger partial charge is 0.228 e. The molecule has 2 aromatic rings. The summed E-state index contributed by atoms with van der Waals surface area (Å²) in [5.74, 6) is -0.245. The summed E-state index contributed by atoms with van der Waals surface area (Å²) in [5.41, 5.74) is 4.36. The topological polar surface area (TPSA) is 53.1 Å². The van der Waals surface area contributed by atoms with Crippen molar-refractivity contribution in [1.29, 1.82) is 0 Å². The fraction of sp³-hybridized carbons (Fsp3) is 0.440. The second kappa shape index (κ2) is 9.52. The van der Waals surface area contributed by atoms with Gasteiger partial charge in [0, 0.05) is 51.0 Å². The van der Waals surface area contributed by atoms with Crippen LogP contribution in [0.1, 0.15) is 24.5 Å². The largest absolute Gasteiger partial charge is 0.378 e. The first-order valence-electron chi connectivity index (χ1n) is 11.1. The molecule has 2 amide bonds. The Balaban J connectivity index is 1.36. The molecule has 2 heterocycles. The molecular weight excluding hydrogens is 390 g/mol. The average molecular weight is 422 g/mol. The van der Waals surface area contributed by atoms with E-state index in [4.69, 9.17) is 4.74 Å². The minimum atomic E-state index is -0.296. The van der Waals surface area contributed by atoms with Crippen LogP contribution in [-0.4, -0.2) is 56.6 Å². The lowest BCUT2D eigenvalue weighted by Crippen LogP contribution is -2.36. The summed E-state index contributed by atoms with van der Waals surface area (Å²) in [5, 5.41) is 0. The first kappa shape index (κ1) is 21.4. The maximum absolute atomic E-state index is 13.0. The summed E-state index contributed by atoms with van der Waals surface area (Å²) in [6, 6.07) is 16.4. The average Bonchev–Trinajstić information content (AvgIpc) is 3.21. The van der Waals surface area contributed by atoms with E-state index in [1.807, 2.05) is 25.2 Å². The van der Waals surface area contributed by atoms with Crippen LogP contribution < -0.4 is 9.80 Å². The van der Waals surface area contributed by atoms with Gasteiger partial charge in [0.15, 0.2) is 0 Å². The van der Waals surface area contributed by atoms with Gasteiger partial charge < -0.3 is 19.4 Å². The lowest BCUT2D eigenvalue weighted by Gasteiger charge is -2.29. The highest BCUT2D eigenvalue weighted by atomic mass is 16.5. The number of carbonyl (C=O) groups is 2. The predicted octanol–water partition coefficient (Wildman–Crippen LogP) is 3.10. The number of hydrogen-bond acceptors (Lipinski definition) is 4. The van der Waals surface area contributed by atoms with E-state index in [2.05, 4.69) is 42.2 Å². The van der Waals surface area contributed by atoms with E-state index in [1.165, 1.54) is 11.3 Å². The number of rotatable bonds is 6. The van der Waals surface area contributed by atoms with Gasteiger partial charge in [0.05, 0.1) is 19.1 Å². The van der Waals surface area contributed by atoms with E-state index < -0.39 is 0 Å². The van der Waals surface area contributed by atoms with Crippen LogP contribution in [-0.2, 0) is 27.3 Å². The molecular formula is C25H31N3O3. The summed E-state index contributed by atoms with van der Waals surface area (Å²) in [4.78, 5) is 31.4. The SMILES string of the molecule is CCc1cccc(N2CC(C(=O)N(C)Cc3ccc(N4CCOCC4)cc3)CC2=O)c1. The third kappa shape index (κ3) is 4.90. The van der Waals surface area contributed by atoms with Gasteiger partial charge in [-0.1, -0.05) is 31.2 Å². The van der Waals surface area contributed by atoms with Crippen molar-refractivity contribution >= 4 is 23.2 Å². The number of morpholine rings is 1. The maximum atomic E-state index is 13.0. The predicted molar refractivity (Wildman–Crippen MR) is 122 cm³/mol. The Kier molecular flexibility index (Phi) is 6.56. The van der Waals surface area contributed by atoms with Crippen LogP contribution in [0.4, 0.5) is 11.4 Å². The molecule has 0 bridgehead atoms. The number of anilines is 2. The van der Waals surface area contributed by atoms with E-state index in [0.29, 0.717) is 13.1 Å². The quantitative estimate of drug-likeness (QED) is 0.719. The molecule has 31 heavy (non-hydrogen) atoms. The molecule has 1 atom stereocenters. The van der Waals surface area contributed by atoms with Crippen LogP contribution in [0.3, 0.4) is 0 Å². The summed E-state index contributed by atoms with van der Waals surface area (Å²) in [6.07, 6.45) is 1.20. The first-order chi connectivity index (χ1) is 15.0. The van der Waals surface area contributed by atoms with Gasteiger partial charge >= 0.3 is 0 Å². The van der Waals surface area contributed by atoms with E-state index in [1.54, 1.807) is 9.80 Å². The van der Waals surface area contributed by atoms with Crippen LogP contribution >= 0.6 is 0 Å². The van der Waals surface area contributed by atoms with Crippen molar-refractivity contribution in [2.45, 2.75) is 26.3 Å². The molecule has 6 nitrogen and oxygen atoms in total. The molecule has 1 unspecified atom stereocenters. The Morgan fingerprint density at radius 3 is 2.52 bits per heavy atom. The number of aryl methyl sites for hydroxylation is 1. The molecule has 0 N–H and O–H groups in total. The molecule has 6 heteroatoms. The zero-order chi connectivity index (χ0) is 21.8. The van der Waals surface area contributed by atoms with Crippen molar-refractivity contribution in [3.8, 4) is 0 Å². The van der Waals surface area contributed by atoms with Gasteiger partial charge in [0.25, 0.3) is 0 Å². The minimum Gasteiger partial charge on any atom is -0.378 e. The molecule has 0 aliphatic carbocycles. The second-order valence-corrected chi connectivity index (χ2v) is 8.39. The van der Waals surface area contributed by atoms with Crippen molar-refractivity contribution in [3.05, 3.63) is 59.7 Å². The van der Waals surface area contributed by atoms with Gasteiger partial charge in [-0.15, -0.1) is 0 Å². The highest BCUT2D eigenvalue weighted by Gasteiger charge is 2.36. The van der Waals surface area contributed by atoms with Crippen molar-refractivity contribution < 1.29 is 14.3 Å². The van der Waals surface area contributed by atoms with Crippen molar-refractivity contribution in [3.63, 3.8) is 0 Å². The van der Waals surface area contributed by atoms with Gasteiger partial charge in [-0.2, -0.15) is 0 Å². The van der Waals surface area contributed by atoms with Crippen molar-refractivity contribution in [2.75, 3.05) is 49.7 Å². The zero-order valence-electron chi connectivity index (χ0n) is 18.4. The lowest BCUT2D eigenvalue weighted by molar-refractivity contribution is -0.135.